The van der Waals surface area contributed by atoms with Gasteiger partial charge in [-0.1, -0.05) is 44.2 Å². The average Bonchev–Trinajstić information content (AvgIpc) is 3.26. The molecule has 4 rings (SSSR count). The Morgan fingerprint density at radius 1 is 0.895 bits per heavy atom. The molecule has 0 fully saturated rings. The van der Waals surface area contributed by atoms with E-state index in [1.807, 2.05) is 18.2 Å². The molecule has 0 aliphatic heterocycles. The molecule has 0 unspecified atom stereocenters. The Hall–Kier alpha value is -3.83. The number of sulfone groups is 2. The molecule has 0 saturated carbocycles. The predicted octanol–water partition coefficient (Wildman–Crippen LogP) is 4.13. The van der Waals surface area contributed by atoms with E-state index in [1.54, 1.807) is 62.6 Å². The maximum absolute atomic E-state index is 13.6. The van der Waals surface area contributed by atoms with E-state index in [0.29, 0.717) is 5.56 Å². The first-order valence-electron chi connectivity index (χ1n) is 12.1. The molecule has 3 aromatic heterocycles. The van der Waals surface area contributed by atoms with E-state index < -0.39 is 30.5 Å². The zero-order chi connectivity index (χ0) is 27.3. The van der Waals surface area contributed by atoms with Crippen LogP contribution in [0.5, 0.6) is 0 Å². The zero-order valence-electron chi connectivity index (χ0n) is 21.0. The number of nitrogens with one attached hydrogen (secondary N) is 1. The molecule has 1 N–H and O–H groups in total. The van der Waals surface area contributed by atoms with E-state index >= 15 is 0 Å². The lowest BCUT2D eigenvalue weighted by atomic mass is 10.1. The molecule has 38 heavy (non-hydrogen) atoms. The number of nitrogens with zero attached hydrogens (tertiary/aromatic N) is 3. The van der Waals surface area contributed by atoms with E-state index in [4.69, 9.17) is 0 Å². The van der Waals surface area contributed by atoms with Crippen molar-refractivity contribution in [3.05, 3.63) is 84.4 Å². The summed E-state index contributed by atoms with van der Waals surface area (Å²) in [6, 6.07) is 15.8. The van der Waals surface area contributed by atoms with Crippen molar-refractivity contribution in [2.75, 3.05) is 11.5 Å². The maximum Gasteiger partial charge on any atom is 0.289 e. The number of carbonyl (C=O) groups is 1. The largest absolute Gasteiger partial charge is 0.310 e. The van der Waals surface area contributed by atoms with Crippen molar-refractivity contribution in [2.45, 2.75) is 36.5 Å². The molecule has 0 atom stereocenters. The van der Waals surface area contributed by atoms with Crippen LogP contribution in [0, 0.1) is 0 Å². The van der Waals surface area contributed by atoms with Crippen molar-refractivity contribution in [1.29, 1.82) is 0 Å². The van der Waals surface area contributed by atoms with Crippen LogP contribution in [-0.4, -0.2) is 49.8 Å². The van der Waals surface area contributed by atoms with Crippen molar-refractivity contribution in [3.63, 3.8) is 0 Å². The van der Waals surface area contributed by atoms with Crippen molar-refractivity contribution in [2.24, 2.45) is 5.10 Å². The van der Waals surface area contributed by atoms with Crippen LogP contribution in [-0.2, 0) is 19.7 Å². The maximum atomic E-state index is 13.6. The van der Waals surface area contributed by atoms with Crippen molar-refractivity contribution >= 4 is 37.3 Å². The average molecular weight is 553 g/mol. The van der Waals surface area contributed by atoms with Crippen LogP contribution in [0.25, 0.3) is 16.6 Å². The molecule has 11 heteroatoms. The minimum atomic E-state index is -4.16. The lowest BCUT2D eigenvalue weighted by Gasteiger charge is -2.08. The first-order valence-corrected chi connectivity index (χ1v) is 15.4. The highest BCUT2D eigenvalue weighted by Crippen LogP contribution is 2.36. The molecule has 198 valence electrons. The molecule has 3 heterocycles. The van der Waals surface area contributed by atoms with Gasteiger partial charge in [-0.2, -0.15) is 5.10 Å². The van der Waals surface area contributed by atoms with E-state index in [1.165, 1.54) is 16.8 Å². The predicted molar refractivity (Wildman–Crippen MR) is 147 cm³/mol. The van der Waals surface area contributed by atoms with Gasteiger partial charge in [0.05, 0.1) is 23.2 Å². The minimum absolute atomic E-state index is 0.111. The van der Waals surface area contributed by atoms with Gasteiger partial charge in [-0.25, -0.2) is 22.3 Å². The number of pyridine rings is 2. The summed E-state index contributed by atoms with van der Waals surface area (Å²) in [5, 5.41) is 3.98. The van der Waals surface area contributed by atoms with Crippen LogP contribution < -0.4 is 5.43 Å². The van der Waals surface area contributed by atoms with Crippen LogP contribution in [0.4, 0.5) is 0 Å². The molecule has 0 radical (unpaired) electrons. The summed E-state index contributed by atoms with van der Waals surface area (Å²) in [6.07, 6.45) is 6.67. The summed E-state index contributed by atoms with van der Waals surface area (Å²) in [5.41, 5.74) is 4.33. The molecule has 9 nitrogen and oxygen atoms in total. The number of hydrazone groups is 1. The second-order valence-electron chi connectivity index (χ2n) is 8.66. The molecule has 0 bridgehead atoms. The Bertz CT molecular complexity index is 1700. The van der Waals surface area contributed by atoms with Crippen LogP contribution in [0.2, 0.25) is 0 Å². The quantitative estimate of drug-likeness (QED) is 0.233. The third kappa shape index (κ3) is 5.53. The fourth-order valence-corrected chi connectivity index (χ4v) is 8.20. The Balaban J connectivity index is 1.99. The number of fused-ring (bicyclic) bond motifs is 1. The van der Waals surface area contributed by atoms with E-state index in [2.05, 4.69) is 15.5 Å². The Kier molecular flexibility index (Phi) is 8.08. The van der Waals surface area contributed by atoms with Crippen LogP contribution >= 0.6 is 0 Å². The van der Waals surface area contributed by atoms with Gasteiger partial charge in [-0.15, -0.1) is 0 Å². The molecule has 1 amide bonds. The van der Waals surface area contributed by atoms with E-state index in [0.717, 1.165) is 11.1 Å². The third-order valence-corrected chi connectivity index (χ3v) is 9.90. The Labute approximate surface area is 222 Å². The zero-order valence-corrected chi connectivity index (χ0v) is 22.7. The number of benzene rings is 1. The van der Waals surface area contributed by atoms with Gasteiger partial charge in [0.2, 0.25) is 0 Å². The second kappa shape index (κ2) is 11.3. The van der Waals surface area contributed by atoms with E-state index in [9.17, 15) is 21.6 Å². The molecule has 0 saturated heterocycles. The van der Waals surface area contributed by atoms with Crippen molar-refractivity contribution in [3.8, 4) is 11.1 Å². The molecule has 0 spiro atoms. The number of aromatic nitrogens is 2. The molecule has 0 aliphatic carbocycles. The van der Waals surface area contributed by atoms with Crippen LogP contribution in [0.3, 0.4) is 0 Å². The molecular weight excluding hydrogens is 524 g/mol. The minimum Gasteiger partial charge on any atom is -0.310 e. The SMILES string of the molecule is CCCS(=O)(=O)c1c(S(=O)(=O)CCC)c2cc(-c3ccncc3)ccn2c1C(=O)NN=Cc1ccccc1. The van der Waals surface area contributed by atoms with Crippen molar-refractivity contribution < 1.29 is 21.6 Å². The Morgan fingerprint density at radius 3 is 2.16 bits per heavy atom. The lowest BCUT2D eigenvalue weighted by Crippen LogP contribution is -2.23. The second-order valence-corrected chi connectivity index (χ2v) is 12.8. The normalized spacial score (nSPS) is 12.3. The van der Waals surface area contributed by atoms with Gasteiger partial charge in [0.25, 0.3) is 5.91 Å². The standard InChI is InChI=1S/C27H28N4O5S2/c1-3-16-37(33,34)25-23-18-22(21-10-13-28-14-11-21)12-15-31(23)24(26(25)38(35,36)17-4-2)27(32)30-29-19-20-8-6-5-7-9-20/h5-15,18-19H,3-4,16-17H2,1-2H3,(H,30,32). The first kappa shape index (κ1) is 27.2. The third-order valence-electron chi connectivity index (χ3n) is 5.83. The summed E-state index contributed by atoms with van der Waals surface area (Å²) >= 11 is 0. The van der Waals surface area contributed by atoms with E-state index in [-0.39, 0.29) is 40.5 Å². The highest BCUT2D eigenvalue weighted by Gasteiger charge is 2.37. The van der Waals surface area contributed by atoms with Gasteiger partial charge in [0, 0.05) is 18.6 Å². The van der Waals surface area contributed by atoms with Gasteiger partial charge in [-0.3, -0.25) is 9.78 Å². The van der Waals surface area contributed by atoms with Crippen LogP contribution in [0.15, 0.2) is 88.1 Å². The fourth-order valence-electron chi connectivity index (χ4n) is 4.23. The number of rotatable bonds is 10. The molecule has 4 aromatic rings. The van der Waals surface area contributed by atoms with Gasteiger partial charge in [0.1, 0.15) is 15.5 Å². The topological polar surface area (TPSA) is 127 Å². The smallest absolute Gasteiger partial charge is 0.289 e. The molecule has 1 aromatic carbocycles. The van der Waals surface area contributed by atoms with Gasteiger partial charge < -0.3 is 4.40 Å². The first-order chi connectivity index (χ1) is 18.2. The lowest BCUT2D eigenvalue weighted by molar-refractivity contribution is 0.0945. The number of carbonyl (C=O) groups excluding carboxylic acids is 1. The molecular formula is C27H28N4O5S2. The monoisotopic (exact) mass is 552 g/mol. The summed E-state index contributed by atoms with van der Waals surface area (Å²) < 4.78 is 55.5. The summed E-state index contributed by atoms with van der Waals surface area (Å²) in [4.78, 5) is 16.6. The number of hydrogen-bond donors (Lipinski definition) is 1. The van der Waals surface area contributed by atoms with Crippen LogP contribution in [0.1, 0.15) is 42.7 Å². The molecule has 0 aliphatic rings. The van der Waals surface area contributed by atoms with Crippen molar-refractivity contribution in [1.82, 2.24) is 14.8 Å². The fraction of sp³-hybridized carbons (Fsp3) is 0.222. The van der Waals surface area contributed by atoms with Gasteiger partial charge >= 0.3 is 0 Å². The number of hydrogen-bond acceptors (Lipinski definition) is 7. The highest BCUT2D eigenvalue weighted by atomic mass is 32.2. The Morgan fingerprint density at radius 2 is 1.53 bits per heavy atom. The highest BCUT2D eigenvalue weighted by molar-refractivity contribution is 7.94. The summed E-state index contributed by atoms with van der Waals surface area (Å²) in [6.45, 7) is 3.38. The summed E-state index contributed by atoms with van der Waals surface area (Å²) in [7, 11) is -8.23. The number of amides is 1. The van der Waals surface area contributed by atoms with Gasteiger partial charge in [-0.05, 0) is 53.8 Å². The van der Waals surface area contributed by atoms with Gasteiger partial charge in [0.15, 0.2) is 19.7 Å². The summed E-state index contributed by atoms with van der Waals surface area (Å²) in [5.74, 6) is -1.42.